The van der Waals surface area contributed by atoms with E-state index in [1.165, 1.54) is 0 Å². The molecule has 0 aliphatic heterocycles. The predicted molar refractivity (Wildman–Crippen MR) is 117 cm³/mol. The van der Waals surface area contributed by atoms with Crippen LogP contribution in [0, 0.1) is 13.8 Å². The van der Waals surface area contributed by atoms with Crippen molar-refractivity contribution in [2.24, 2.45) is 0 Å². The van der Waals surface area contributed by atoms with Crippen LogP contribution in [0.2, 0.25) is 0 Å². The number of carbonyl (C=O) groups excluding carboxylic acids is 1. The smallest absolute Gasteiger partial charge is 0.255 e. The Morgan fingerprint density at radius 2 is 1.63 bits per heavy atom. The maximum absolute atomic E-state index is 12.8. The molecule has 0 unspecified atom stereocenters. The zero-order valence-electron chi connectivity index (χ0n) is 16.9. The third-order valence-electron chi connectivity index (χ3n) is 4.94. The van der Waals surface area contributed by atoms with E-state index in [-0.39, 0.29) is 5.91 Å². The largest absolute Gasteiger partial charge is 0.489 e. The fourth-order valence-electron chi connectivity index (χ4n) is 3.22. The van der Waals surface area contributed by atoms with Crippen LogP contribution in [0.25, 0.3) is 11.1 Å². The topological polar surface area (TPSA) is 64.4 Å². The lowest BCUT2D eigenvalue weighted by atomic mass is 10.0. The Bertz CT molecular complexity index is 1130. The highest BCUT2D eigenvalue weighted by atomic mass is 16.5. The van der Waals surface area contributed by atoms with Gasteiger partial charge in [-0.2, -0.15) is 0 Å². The van der Waals surface area contributed by atoms with Crippen LogP contribution in [0.3, 0.4) is 0 Å². The van der Waals surface area contributed by atoms with Crippen LogP contribution >= 0.6 is 0 Å². The highest BCUT2D eigenvalue weighted by Gasteiger charge is 2.12. The number of rotatable bonds is 6. The number of carbonyl (C=O) groups is 1. The monoisotopic (exact) mass is 398 g/mol. The normalized spacial score (nSPS) is 10.6. The minimum Gasteiger partial charge on any atom is -0.489 e. The number of hydrogen-bond acceptors (Lipinski definition) is 4. The molecule has 1 heterocycles. The van der Waals surface area contributed by atoms with Gasteiger partial charge in [0.15, 0.2) is 0 Å². The lowest BCUT2D eigenvalue weighted by molar-refractivity contribution is 0.102. The predicted octanol–water partition coefficient (Wildman–Crippen LogP) is 5.79. The van der Waals surface area contributed by atoms with Gasteiger partial charge in [-0.15, -0.1) is 0 Å². The molecule has 5 heteroatoms. The summed E-state index contributed by atoms with van der Waals surface area (Å²) in [6.07, 6.45) is 0. The molecule has 0 saturated heterocycles. The van der Waals surface area contributed by atoms with Gasteiger partial charge in [-0.05, 0) is 49.7 Å². The van der Waals surface area contributed by atoms with E-state index in [0.29, 0.717) is 17.9 Å². The van der Waals surface area contributed by atoms with Crippen LogP contribution in [0.4, 0.5) is 5.69 Å². The van der Waals surface area contributed by atoms with Crippen molar-refractivity contribution in [2.45, 2.75) is 20.5 Å². The molecule has 4 rings (SSSR count). The van der Waals surface area contributed by atoms with Crippen molar-refractivity contribution in [3.8, 4) is 16.9 Å². The molecule has 5 nitrogen and oxygen atoms in total. The molecule has 0 aliphatic carbocycles. The number of hydrogen-bond donors (Lipinski definition) is 1. The molecule has 30 heavy (non-hydrogen) atoms. The Kier molecular flexibility index (Phi) is 5.61. The van der Waals surface area contributed by atoms with E-state index in [0.717, 1.165) is 33.8 Å². The summed E-state index contributed by atoms with van der Waals surface area (Å²) in [4.78, 5) is 12.8. The van der Waals surface area contributed by atoms with Crippen LogP contribution in [-0.2, 0) is 6.61 Å². The second kappa shape index (κ2) is 8.66. The Balaban J connectivity index is 1.45. The number of aryl methyl sites for hydroxylation is 2. The highest BCUT2D eigenvalue weighted by Crippen LogP contribution is 2.28. The van der Waals surface area contributed by atoms with Crippen molar-refractivity contribution in [3.05, 3.63) is 101 Å². The first-order chi connectivity index (χ1) is 14.6. The Morgan fingerprint density at radius 1 is 0.933 bits per heavy atom. The van der Waals surface area contributed by atoms with Gasteiger partial charge in [-0.3, -0.25) is 4.79 Å². The maximum atomic E-state index is 12.8. The Morgan fingerprint density at radius 3 is 2.33 bits per heavy atom. The van der Waals surface area contributed by atoms with Gasteiger partial charge in [-0.25, -0.2) is 0 Å². The van der Waals surface area contributed by atoms with Crippen molar-refractivity contribution in [3.63, 3.8) is 0 Å². The number of para-hydroxylation sites is 1. The molecule has 150 valence electrons. The summed E-state index contributed by atoms with van der Waals surface area (Å²) in [5.74, 6) is 1.26. The van der Waals surface area contributed by atoms with Gasteiger partial charge in [0.05, 0.1) is 11.3 Å². The van der Waals surface area contributed by atoms with E-state index in [4.69, 9.17) is 9.26 Å². The summed E-state index contributed by atoms with van der Waals surface area (Å²) in [6, 6.07) is 24.8. The number of nitrogens with one attached hydrogen (secondary N) is 1. The molecule has 0 atom stereocenters. The van der Waals surface area contributed by atoms with E-state index >= 15 is 0 Å². The average molecular weight is 398 g/mol. The van der Waals surface area contributed by atoms with Crippen molar-refractivity contribution < 1.29 is 14.1 Å². The molecule has 3 aromatic carbocycles. The molecular weight excluding hydrogens is 376 g/mol. The van der Waals surface area contributed by atoms with Crippen molar-refractivity contribution in [2.75, 3.05) is 5.32 Å². The summed E-state index contributed by atoms with van der Waals surface area (Å²) >= 11 is 0. The first-order valence-corrected chi connectivity index (χ1v) is 9.72. The third-order valence-corrected chi connectivity index (χ3v) is 4.94. The summed E-state index contributed by atoms with van der Waals surface area (Å²) in [6.45, 7) is 4.12. The van der Waals surface area contributed by atoms with Gasteiger partial charge in [0, 0.05) is 16.8 Å². The zero-order valence-corrected chi connectivity index (χ0v) is 16.9. The van der Waals surface area contributed by atoms with Gasteiger partial charge in [0.25, 0.3) is 5.91 Å². The van der Waals surface area contributed by atoms with Gasteiger partial charge >= 0.3 is 0 Å². The highest BCUT2D eigenvalue weighted by molar-refractivity contribution is 6.06. The standard InChI is InChI=1S/C25H22N2O3/c1-17-23(18(2)30-27-17)16-29-21-14-12-20(13-15-21)25(28)26-24-11-7-6-10-22(24)19-8-4-3-5-9-19/h3-15H,16H2,1-2H3,(H,26,28). The summed E-state index contributed by atoms with van der Waals surface area (Å²) in [5, 5.41) is 6.94. The van der Waals surface area contributed by atoms with E-state index in [1.54, 1.807) is 24.3 Å². The Labute approximate surface area is 175 Å². The third kappa shape index (κ3) is 4.25. The van der Waals surface area contributed by atoms with Crippen LogP contribution in [-0.4, -0.2) is 11.1 Å². The van der Waals surface area contributed by atoms with Crippen LogP contribution in [0.15, 0.2) is 83.4 Å². The lowest BCUT2D eigenvalue weighted by Gasteiger charge is -2.12. The Hall–Kier alpha value is -3.86. The zero-order chi connectivity index (χ0) is 20.9. The van der Waals surface area contributed by atoms with E-state index in [9.17, 15) is 4.79 Å². The second-order valence-electron chi connectivity index (χ2n) is 6.98. The molecule has 0 spiro atoms. The fraction of sp³-hybridized carbons (Fsp3) is 0.120. The fourth-order valence-corrected chi connectivity index (χ4v) is 3.22. The molecule has 1 aromatic heterocycles. The minimum atomic E-state index is -0.171. The van der Waals surface area contributed by atoms with Crippen LogP contribution in [0.1, 0.15) is 27.4 Å². The molecule has 0 aliphatic rings. The van der Waals surface area contributed by atoms with Crippen LogP contribution in [0.5, 0.6) is 5.75 Å². The summed E-state index contributed by atoms with van der Waals surface area (Å²) < 4.78 is 11.0. The van der Waals surface area contributed by atoms with Gasteiger partial charge < -0.3 is 14.6 Å². The summed E-state index contributed by atoms with van der Waals surface area (Å²) in [5.41, 5.74) is 5.12. The number of amides is 1. The van der Waals surface area contributed by atoms with Crippen molar-refractivity contribution in [1.29, 1.82) is 0 Å². The molecule has 1 amide bonds. The van der Waals surface area contributed by atoms with E-state index in [1.807, 2.05) is 68.4 Å². The van der Waals surface area contributed by atoms with Gasteiger partial charge in [0.2, 0.25) is 0 Å². The number of aromatic nitrogens is 1. The average Bonchev–Trinajstić information content (AvgIpc) is 3.11. The quantitative estimate of drug-likeness (QED) is 0.446. The van der Waals surface area contributed by atoms with Crippen molar-refractivity contribution >= 4 is 11.6 Å². The summed E-state index contributed by atoms with van der Waals surface area (Å²) in [7, 11) is 0. The first kappa shape index (κ1) is 19.5. The van der Waals surface area contributed by atoms with Crippen LogP contribution < -0.4 is 10.1 Å². The lowest BCUT2D eigenvalue weighted by Crippen LogP contribution is -2.12. The molecular formula is C25H22N2O3. The number of anilines is 1. The van der Waals surface area contributed by atoms with Gasteiger partial charge in [0.1, 0.15) is 18.1 Å². The first-order valence-electron chi connectivity index (χ1n) is 9.72. The molecule has 1 N–H and O–H groups in total. The van der Waals surface area contributed by atoms with E-state index < -0.39 is 0 Å². The van der Waals surface area contributed by atoms with E-state index in [2.05, 4.69) is 10.5 Å². The van der Waals surface area contributed by atoms with Crippen molar-refractivity contribution in [1.82, 2.24) is 5.16 Å². The molecule has 0 radical (unpaired) electrons. The van der Waals surface area contributed by atoms with Gasteiger partial charge in [-0.1, -0.05) is 53.7 Å². The molecule has 0 fully saturated rings. The second-order valence-corrected chi connectivity index (χ2v) is 6.98. The minimum absolute atomic E-state index is 0.171. The molecule has 4 aromatic rings. The maximum Gasteiger partial charge on any atom is 0.255 e. The number of benzene rings is 3. The molecule has 0 saturated carbocycles. The SMILES string of the molecule is Cc1noc(C)c1COc1ccc(C(=O)Nc2ccccc2-c2ccccc2)cc1. The number of nitrogens with zero attached hydrogens (tertiary/aromatic N) is 1. The number of ether oxygens (including phenoxy) is 1. The molecule has 0 bridgehead atoms.